The first-order valence-corrected chi connectivity index (χ1v) is 7.16. The van der Waals surface area contributed by atoms with Gasteiger partial charge in [0.1, 0.15) is 11.5 Å². The number of hydrogen-bond donors (Lipinski definition) is 3. The van der Waals surface area contributed by atoms with Crippen molar-refractivity contribution in [3.63, 3.8) is 0 Å². The summed E-state index contributed by atoms with van der Waals surface area (Å²) in [5, 5.41) is 5.46. The highest BCUT2D eigenvalue weighted by Crippen LogP contribution is 2.12. The fraction of sp³-hybridized carbons (Fsp3) is 0.250. The molecule has 0 saturated heterocycles. The number of guanidine groups is 1. The van der Waals surface area contributed by atoms with E-state index >= 15 is 0 Å². The van der Waals surface area contributed by atoms with Gasteiger partial charge in [-0.15, -0.1) is 24.0 Å². The number of nitrogens with two attached hydrogens (primary N) is 1. The van der Waals surface area contributed by atoms with Crippen molar-refractivity contribution in [3.8, 4) is 5.75 Å². The molecule has 0 aliphatic carbocycles. The van der Waals surface area contributed by atoms with Gasteiger partial charge in [-0.1, -0.05) is 12.1 Å². The number of nitrogens with zero attached hydrogens (tertiary/aromatic N) is 1. The van der Waals surface area contributed by atoms with Crippen molar-refractivity contribution in [2.24, 2.45) is 10.7 Å². The van der Waals surface area contributed by atoms with E-state index in [1.54, 1.807) is 25.4 Å². The fourth-order valence-corrected chi connectivity index (χ4v) is 1.74. The molecule has 0 atom stereocenters. The van der Waals surface area contributed by atoms with Crippen molar-refractivity contribution in [3.05, 3.63) is 54.0 Å². The molecule has 0 saturated carbocycles. The van der Waals surface area contributed by atoms with Gasteiger partial charge in [0.2, 0.25) is 0 Å². The lowest BCUT2D eigenvalue weighted by Gasteiger charge is -2.06. The van der Waals surface area contributed by atoms with Gasteiger partial charge in [0.25, 0.3) is 5.91 Å². The summed E-state index contributed by atoms with van der Waals surface area (Å²) >= 11 is 0. The average Bonchev–Trinajstić information content (AvgIpc) is 3.10. The summed E-state index contributed by atoms with van der Waals surface area (Å²) in [6.07, 6.45) is 1.61. The molecule has 2 rings (SSSR count). The molecule has 0 aliphatic rings. The summed E-state index contributed by atoms with van der Waals surface area (Å²) in [5.74, 6) is 1.60. The maximum atomic E-state index is 11.1. The highest BCUT2D eigenvalue weighted by molar-refractivity contribution is 14.0. The minimum Gasteiger partial charge on any atom is -0.484 e. The van der Waals surface area contributed by atoms with Crippen molar-refractivity contribution in [1.29, 1.82) is 0 Å². The average molecular weight is 444 g/mol. The molecule has 7 nitrogen and oxygen atoms in total. The predicted molar refractivity (Wildman–Crippen MR) is 102 cm³/mol. The summed E-state index contributed by atoms with van der Waals surface area (Å²) in [5.41, 5.74) is 6.78. The van der Waals surface area contributed by atoms with Gasteiger partial charge in [0.05, 0.1) is 19.4 Å². The number of ether oxygens (including phenoxy) is 1. The lowest BCUT2D eigenvalue weighted by atomic mass is 10.2. The zero-order valence-corrected chi connectivity index (χ0v) is 15.7. The molecule has 1 amide bonds. The number of carbonyl (C=O) groups is 1. The molecule has 130 valence electrons. The second-order valence-electron chi connectivity index (χ2n) is 4.74. The molecule has 0 aliphatic heterocycles. The van der Waals surface area contributed by atoms with Crippen molar-refractivity contribution < 1.29 is 13.9 Å². The van der Waals surface area contributed by atoms with Crippen LogP contribution in [0.25, 0.3) is 0 Å². The largest absolute Gasteiger partial charge is 0.484 e. The molecule has 1 aromatic heterocycles. The van der Waals surface area contributed by atoms with Gasteiger partial charge in [-0.05, 0) is 29.8 Å². The van der Waals surface area contributed by atoms with Crippen LogP contribution in [0.3, 0.4) is 0 Å². The number of aliphatic imine (C=N–C) groups is 1. The van der Waals surface area contributed by atoms with Crippen LogP contribution in [-0.2, 0) is 17.9 Å². The molecule has 1 heterocycles. The van der Waals surface area contributed by atoms with Gasteiger partial charge in [-0.3, -0.25) is 4.79 Å². The normalized spacial score (nSPS) is 10.6. The summed E-state index contributed by atoms with van der Waals surface area (Å²) in [6, 6.07) is 11.0. The van der Waals surface area contributed by atoms with Crippen molar-refractivity contribution in [2.45, 2.75) is 13.1 Å². The third-order valence-electron chi connectivity index (χ3n) is 3.03. The molecule has 2 aromatic rings. The Morgan fingerprint density at radius 1 is 1.29 bits per heavy atom. The van der Waals surface area contributed by atoms with Gasteiger partial charge in [0.15, 0.2) is 12.6 Å². The number of furan rings is 1. The summed E-state index contributed by atoms with van der Waals surface area (Å²) < 4.78 is 10.5. The third-order valence-corrected chi connectivity index (χ3v) is 3.03. The van der Waals surface area contributed by atoms with Crippen molar-refractivity contribution >= 4 is 35.8 Å². The van der Waals surface area contributed by atoms with Crippen LogP contribution in [0.15, 0.2) is 52.1 Å². The number of benzene rings is 1. The van der Waals surface area contributed by atoms with E-state index in [2.05, 4.69) is 15.6 Å². The first-order valence-electron chi connectivity index (χ1n) is 7.16. The Hall–Kier alpha value is -2.23. The van der Waals surface area contributed by atoms with E-state index in [0.29, 0.717) is 24.8 Å². The van der Waals surface area contributed by atoms with Crippen LogP contribution < -0.4 is 21.1 Å². The van der Waals surface area contributed by atoms with E-state index in [1.807, 2.05) is 24.3 Å². The second kappa shape index (κ2) is 10.5. The first kappa shape index (κ1) is 19.8. The zero-order valence-electron chi connectivity index (χ0n) is 13.3. The Bertz CT molecular complexity index is 642. The highest BCUT2D eigenvalue weighted by Gasteiger charge is 2.00. The molecular formula is C16H21IN4O3. The van der Waals surface area contributed by atoms with Gasteiger partial charge >= 0.3 is 0 Å². The second-order valence-corrected chi connectivity index (χ2v) is 4.74. The van der Waals surface area contributed by atoms with Crippen molar-refractivity contribution in [2.75, 3.05) is 13.7 Å². The van der Waals surface area contributed by atoms with Crippen molar-refractivity contribution in [1.82, 2.24) is 10.6 Å². The lowest BCUT2D eigenvalue weighted by Crippen LogP contribution is -2.30. The van der Waals surface area contributed by atoms with Crippen LogP contribution in [0.5, 0.6) is 5.75 Å². The van der Waals surface area contributed by atoms with Crippen LogP contribution in [0.4, 0.5) is 0 Å². The maximum Gasteiger partial charge on any atom is 0.257 e. The van der Waals surface area contributed by atoms with Gasteiger partial charge in [-0.25, -0.2) is 4.99 Å². The number of carbonyl (C=O) groups excluding carboxylic acids is 1. The molecule has 0 bridgehead atoms. The molecule has 1 aromatic carbocycles. The number of rotatable bonds is 7. The minimum absolute atomic E-state index is 0. The Balaban J connectivity index is 0.00000288. The standard InChI is InChI=1S/C16H20N4O3.HI/c1-18-15(21)11-23-13-6-4-12(5-7-13)9-19-16(17)20-10-14-3-2-8-22-14;/h2-8H,9-11H2,1H3,(H,18,21)(H3,17,19,20);1H. The fourth-order valence-electron chi connectivity index (χ4n) is 1.74. The minimum atomic E-state index is -0.172. The van der Waals surface area contributed by atoms with Gasteiger partial charge < -0.3 is 25.5 Å². The van der Waals surface area contributed by atoms with E-state index in [4.69, 9.17) is 14.9 Å². The lowest BCUT2D eigenvalue weighted by molar-refractivity contribution is -0.122. The highest BCUT2D eigenvalue weighted by atomic mass is 127. The van der Waals surface area contributed by atoms with E-state index in [9.17, 15) is 4.79 Å². The number of hydrogen-bond acceptors (Lipinski definition) is 4. The van der Waals surface area contributed by atoms with Gasteiger partial charge in [-0.2, -0.15) is 0 Å². The number of likely N-dealkylation sites (N-methyl/N-ethyl adjacent to an activating group) is 1. The molecule has 8 heteroatoms. The summed E-state index contributed by atoms with van der Waals surface area (Å²) in [4.78, 5) is 15.3. The molecule has 24 heavy (non-hydrogen) atoms. The van der Waals surface area contributed by atoms with Crippen LogP contribution in [0.2, 0.25) is 0 Å². The summed E-state index contributed by atoms with van der Waals surface area (Å²) in [6.45, 7) is 0.943. The Kier molecular flexibility index (Phi) is 8.69. The smallest absolute Gasteiger partial charge is 0.257 e. The molecule has 4 N–H and O–H groups in total. The van der Waals surface area contributed by atoms with E-state index in [0.717, 1.165) is 11.3 Å². The number of halogens is 1. The maximum absolute atomic E-state index is 11.1. The number of nitrogens with one attached hydrogen (secondary N) is 2. The monoisotopic (exact) mass is 444 g/mol. The quantitative estimate of drug-likeness (QED) is 0.342. The van der Waals surface area contributed by atoms with Crippen LogP contribution in [0.1, 0.15) is 11.3 Å². The molecule has 0 radical (unpaired) electrons. The zero-order chi connectivity index (χ0) is 16.5. The third kappa shape index (κ3) is 6.90. The molecule has 0 fully saturated rings. The Morgan fingerprint density at radius 2 is 2.04 bits per heavy atom. The van der Waals surface area contributed by atoms with Gasteiger partial charge in [0, 0.05) is 7.05 Å². The number of amides is 1. The van der Waals surface area contributed by atoms with Crippen LogP contribution in [0, 0.1) is 0 Å². The molecule has 0 unspecified atom stereocenters. The first-order chi connectivity index (χ1) is 11.2. The SMILES string of the molecule is CNC(=O)COc1ccc(CN=C(N)NCc2ccco2)cc1.I. The van der Waals surface area contributed by atoms with E-state index < -0.39 is 0 Å². The Labute approximate surface area is 157 Å². The summed E-state index contributed by atoms with van der Waals surface area (Å²) in [7, 11) is 1.57. The van der Waals surface area contributed by atoms with E-state index in [1.165, 1.54) is 0 Å². The molecule has 0 spiro atoms. The topological polar surface area (TPSA) is 102 Å². The molecular weight excluding hydrogens is 423 g/mol. The van der Waals surface area contributed by atoms with E-state index in [-0.39, 0.29) is 36.5 Å². The predicted octanol–water partition coefficient (Wildman–Crippen LogP) is 1.63. The Morgan fingerprint density at radius 3 is 2.67 bits per heavy atom. The van der Waals surface area contributed by atoms with Crippen LogP contribution in [-0.4, -0.2) is 25.5 Å². The van der Waals surface area contributed by atoms with Crippen LogP contribution >= 0.6 is 24.0 Å².